The summed E-state index contributed by atoms with van der Waals surface area (Å²) in [5, 5.41) is 0. The minimum atomic E-state index is 1.06. The number of fused-ring (bicyclic) bond motifs is 2. The van der Waals surface area contributed by atoms with Gasteiger partial charge in [-0.15, -0.1) is 0 Å². The second kappa shape index (κ2) is 3.50. The van der Waals surface area contributed by atoms with Gasteiger partial charge >= 0.3 is 0 Å². The predicted molar refractivity (Wildman–Crippen MR) is 67.0 cm³/mol. The van der Waals surface area contributed by atoms with Crippen molar-refractivity contribution in [2.24, 2.45) is 41.4 Å². The van der Waals surface area contributed by atoms with Crippen LogP contribution in [0.3, 0.4) is 0 Å². The molecule has 0 spiro atoms. The molecule has 0 bridgehead atoms. The fourth-order valence-corrected chi connectivity index (χ4v) is 5.11. The van der Waals surface area contributed by atoms with Crippen molar-refractivity contribution in [1.82, 2.24) is 0 Å². The van der Waals surface area contributed by atoms with Crippen LogP contribution in [0.5, 0.6) is 0 Å². The zero-order valence-corrected chi connectivity index (χ0v) is 10.7. The molecule has 0 N–H and O–H groups in total. The van der Waals surface area contributed by atoms with Gasteiger partial charge in [0.05, 0.1) is 0 Å². The van der Waals surface area contributed by atoms with Gasteiger partial charge in [-0.05, 0) is 92.8 Å². The van der Waals surface area contributed by atoms with Gasteiger partial charge in [0.15, 0.2) is 0 Å². The van der Waals surface area contributed by atoms with Crippen LogP contribution in [-0.2, 0) is 0 Å². The number of hydrogen-bond acceptors (Lipinski definition) is 0. The van der Waals surface area contributed by atoms with Crippen molar-refractivity contribution in [3.8, 4) is 0 Å². The van der Waals surface area contributed by atoms with Crippen molar-refractivity contribution in [3.63, 3.8) is 0 Å². The highest BCUT2D eigenvalue weighted by Crippen LogP contribution is 2.57. The zero-order valence-electron chi connectivity index (χ0n) is 10.7. The SMILES string of the molecule is CC(C1CCC2CC2C1)C1CCC2CC2C1. The van der Waals surface area contributed by atoms with Crippen LogP contribution in [-0.4, -0.2) is 0 Å². The van der Waals surface area contributed by atoms with Gasteiger partial charge in [-0.1, -0.05) is 6.92 Å². The van der Waals surface area contributed by atoms with Crippen LogP contribution in [0.15, 0.2) is 0 Å². The van der Waals surface area contributed by atoms with E-state index in [2.05, 4.69) is 6.92 Å². The van der Waals surface area contributed by atoms with Crippen molar-refractivity contribution in [2.45, 2.75) is 58.3 Å². The minimum Gasteiger partial charge on any atom is -0.0620 e. The highest BCUT2D eigenvalue weighted by atomic mass is 14.5. The first-order valence-electron chi connectivity index (χ1n) is 7.81. The Kier molecular flexibility index (Phi) is 2.18. The molecular weight excluding hydrogens is 192 g/mol. The maximum atomic E-state index is 2.60. The van der Waals surface area contributed by atoms with Crippen LogP contribution in [0.1, 0.15) is 58.3 Å². The Morgan fingerprint density at radius 3 is 1.56 bits per heavy atom. The quantitative estimate of drug-likeness (QED) is 0.640. The molecule has 4 fully saturated rings. The van der Waals surface area contributed by atoms with Gasteiger partial charge in [0.2, 0.25) is 0 Å². The van der Waals surface area contributed by atoms with E-state index in [0.717, 1.165) is 17.8 Å². The first-order chi connectivity index (χ1) is 7.81. The minimum absolute atomic E-state index is 1.06. The summed E-state index contributed by atoms with van der Waals surface area (Å²) >= 11 is 0. The second-order valence-electron chi connectivity index (χ2n) is 7.52. The first kappa shape index (κ1) is 9.97. The first-order valence-corrected chi connectivity index (χ1v) is 7.81. The van der Waals surface area contributed by atoms with Crippen molar-refractivity contribution in [1.29, 1.82) is 0 Å². The molecule has 90 valence electrons. The number of rotatable bonds is 2. The lowest BCUT2D eigenvalue weighted by Gasteiger charge is -2.35. The van der Waals surface area contributed by atoms with Gasteiger partial charge in [0.25, 0.3) is 0 Å². The molecule has 0 saturated heterocycles. The van der Waals surface area contributed by atoms with E-state index in [0.29, 0.717) is 0 Å². The molecule has 4 rings (SSSR count). The summed E-state index contributed by atoms with van der Waals surface area (Å²) in [6.07, 6.45) is 12.7. The Morgan fingerprint density at radius 2 is 1.12 bits per heavy atom. The van der Waals surface area contributed by atoms with Crippen molar-refractivity contribution < 1.29 is 0 Å². The Morgan fingerprint density at radius 1 is 0.625 bits per heavy atom. The highest BCUT2D eigenvalue weighted by molar-refractivity contribution is 4.97. The molecule has 16 heavy (non-hydrogen) atoms. The molecule has 0 nitrogen and oxygen atoms in total. The summed E-state index contributed by atoms with van der Waals surface area (Å²) in [7, 11) is 0. The predicted octanol–water partition coefficient (Wildman–Crippen LogP) is 4.49. The van der Waals surface area contributed by atoms with E-state index in [9.17, 15) is 0 Å². The van der Waals surface area contributed by atoms with Crippen molar-refractivity contribution in [3.05, 3.63) is 0 Å². The smallest absolute Gasteiger partial charge is 0.0380 e. The normalized spacial score (nSPS) is 56.1. The maximum Gasteiger partial charge on any atom is -0.0380 e. The number of hydrogen-bond donors (Lipinski definition) is 0. The standard InChI is InChI=1S/C16H26/c1-10(11-2-4-13-8-15(13)6-11)12-3-5-14-9-16(14)7-12/h10-16H,2-9H2,1H3. The topological polar surface area (TPSA) is 0 Å². The molecule has 0 heterocycles. The summed E-state index contributed by atoms with van der Waals surface area (Å²) in [4.78, 5) is 0. The van der Waals surface area contributed by atoms with E-state index in [-0.39, 0.29) is 0 Å². The lowest BCUT2D eigenvalue weighted by molar-refractivity contribution is 0.151. The molecular formula is C16H26. The molecule has 4 aliphatic rings. The van der Waals surface area contributed by atoms with Crippen LogP contribution in [0.2, 0.25) is 0 Å². The molecule has 0 aliphatic heterocycles. The largest absolute Gasteiger partial charge is 0.0620 e. The molecule has 0 heteroatoms. The van der Waals surface area contributed by atoms with E-state index >= 15 is 0 Å². The third kappa shape index (κ3) is 1.64. The average Bonchev–Trinajstić information content (AvgIpc) is 3.19. The van der Waals surface area contributed by atoms with E-state index in [4.69, 9.17) is 0 Å². The molecule has 0 aromatic carbocycles. The molecule has 4 aliphatic carbocycles. The molecule has 6 atom stereocenters. The highest BCUT2D eigenvalue weighted by Gasteiger charge is 2.47. The Labute approximate surface area is 100 Å². The molecule has 0 aromatic rings. The van der Waals surface area contributed by atoms with Crippen LogP contribution in [0.25, 0.3) is 0 Å². The average molecular weight is 218 g/mol. The molecule has 0 radical (unpaired) electrons. The van der Waals surface area contributed by atoms with Gasteiger partial charge in [-0.25, -0.2) is 0 Å². The summed E-state index contributed by atoms with van der Waals surface area (Å²) in [5.74, 6) is 8.01. The lowest BCUT2D eigenvalue weighted by atomic mass is 9.70. The Bertz CT molecular complexity index is 254. The molecule has 4 saturated carbocycles. The second-order valence-corrected chi connectivity index (χ2v) is 7.52. The van der Waals surface area contributed by atoms with Crippen LogP contribution in [0.4, 0.5) is 0 Å². The maximum absolute atomic E-state index is 2.60. The van der Waals surface area contributed by atoms with Crippen molar-refractivity contribution in [2.75, 3.05) is 0 Å². The zero-order chi connectivity index (χ0) is 10.7. The van der Waals surface area contributed by atoms with E-state index in [1.165, 1.54) is 23.7 Å². The third-order valence-electron chi connectivity index (χ3n) is 6.65. The summed E-state index contributed by atoms with van der Waals surface area (Å²) in [6, 6.07) is 0. The van der Waals surface area contributed by atoms with Gasteiger partial charge in [-0.2, -0.15) is 0 Å². The van der Waals surface area contributed by atoms with Gasteiger partial charge in [0.1, 0.15) is 0 Å². The van der Waals surface area contributed by atoms with E-state index < -0.39 is 0 Å². The molecule has 0 aromatic heterocycles. The summed E-state index contributed by atoms with van der Waals surface area (Å²) in [5.41, 5.74) is 0. The van der Waals surface area contributed by atoms with Gasteiger partial charge in [0, 0.05) is 0 Å². The summed E-state index contributed by atoms with van der Waals surface area (Å²) < 4.78 is 0. The fraction of sp³-hybridized carbons (Fsp3) is 1.00. The van der Waals surface area contributed by atoms with Crippen molar-refractivity contribution >= 4 is 0 Å². The van der Waals surface area contributed by atoms with E-state index in [1.807, 2.05) is 0 Å². The molecule has 0 amide bonds. The monoisotopic (exact) mass is 218 g/mol. The molecule has 6 unspecified atom stereocenters. The third-order valence-corrected chi connectivity index (χ3v) is 6.65. The Balaban J connectivity index is 1.38. The Hall–Kier alpha value is 0. The van der Waals surface area contributed by atoms with Crippen LogP contribution < -0.4 is 0 Å². The van der Waals surface area contributed by atoms with Crippen LogP contribution in [0, 0.1) is 41.4 Å². The van der Waals surface area contributed by atoms with Crippen LogP contribution >= 0.6 is 0 Å². The lowest BCUT2D eigenvalue weighted by Crippen LogP contribution is -2.26. The van der Waals surface area contributed by atoms with Gasteiger partial charge in [-0.3, -0.25) is 0 Å². The summed E-state index contributed by atoms with van der Waals surface area (Å²) in [6.45, 7) is 2.60. The fourth-order valence-electron chi connectivity index (χ4n) is 5.11. The van der Waals surface area contributed by atoms with E-state index in [1.54, 1.807) is 51.4 Å². The van der Waals surface area contributed by atoms with Gasteiger partial charge < -0.3 is 0 Å².